The Hall–Kier alpha value is -1.89. The molecule has 0 unspecified atom stereocenters. The minimum atomic E-state index is -4.00. The highest BCUT2D eigenvalue weighted by Crippen LogP contribution is 2.24. The van der Waals surface area contributed by atoms with Crippen LogP contribution in [0.15, 0.2) is 29.2 Å². The molecular weight excluding hydrogens is 294 g/mol. The Morgan fingerprint density at radius 1 is 1.14 bits per heavy atom. The van der Waals surface area contributed by atoms with E-state index in [1.807, 2.05) is 6.92 Å². The second kappa shape index (κ2) is 5.85. The largest absolute Gasteiger partial charge is 0.465 e. The summed E-state index contributed by atoms with van der Waals surface area (Å²) in [5, 5.41) is 8.04. The number of nitrogens with zero attached hydrogens (tertiary/aromatic N) is 1. The summed E-state index contributed by atoms with van der Waals surface area (Å²) >= 11 is 0. The molecule has 114 valence electrons. The molecule has 0 aromatic heterocycles. The molecule has 1 amide bonds. The fraction of sp³-hybridized carbons (Fsp3) is 0.429. The molecule has 1 saturated heterocycles. The Balaban J connectivity index is 2.13. The van der Waals surface area contributed by atoms with Crippen molar-refractivity contribution < 1.29 is 23.1 Å². The SMILES string of the molecule is Cc1ccc(S(=O)(=O)C(=O)C2CCN(C(=O)O)CC2)cc1. The first kappa shape index (κ1) is 15.5. The van der Waals surface area contributed by atoms with Gasteiger partial charge in [0.1, 0.15) is 0 Å². The van der Waals surface area contributed by atoms with E-state index in [1.54, 1.807) is 12.1 Å². The molecule has 7 heteroatoms. The van der Waals surface area contributed by atoms with E-state index >= 15 is 0 Å². The number of likely N-dealkylation sites (tertiary alicyclic amines) is 1. The van der Waals surface area contributed by atoms with E-state index in [1.165, 1.54) is 17.0 Å². The fourth-order valence-corrected chi connectivity index (χ4v) is 3.76. The van der Waals surface area contributed by atoms with Gasteiger partial charge in [-0.15, -0.1) is 0 Å². The van der Waals surface area contributed by atoms with Crippen molar-refractivity contribution in [3.63, 3.8) is 0 Å². The summed E-state index contributed by atoms with van der Waals surface area (Å²) in [4.78, 5) is 24.2. The molecule has 0 saturated carbocycles. The zero-order valence-corrected chi connectivity index (χ0v) is 12.5. The normalized spacial score (nSPS) is 16.7. The van der Waals surface area contributed by atoms with Crippen LogP contribution in [0.5, 0.6) is 0 Å². The monoisotopic (exact) mass is 311 g/mol. The van der Waals surface area contributed by atoms with Crippen LogP contribution >= 0.6 is 0 Å². The van der Waals surface area contributed by atoms with Crippen molar-refractivity contribution in [3.05, 3.63) is 29.8 Å². The summed E-state index contributed by atoms with van der Waals surface area (Å²) in [6, 6.07) is 6.14. The molecule has 1 fully saturated rings. The lowest BCUT2D eigenvalue weighted by Crippen LogP contribution is -2.40. The first-order valence-corrected chi connectivity index (χ1v) is 8.14. The molecule has 0 atom stereocenters. The summed E-state index contributed by atoms with van der Waals surface area (Å²) < 4.78 is 24.6. The van der Waals surface area contributed by atoms with Crippen molar-refractivity contribution in [1.82, 2.24) is 4.90 Å². The Morgan fingerprint density at radius 3 is 2.14 bits per heavy atom. The van der Waals surface area contributed by atoms with Crippen LogP contribution in [0.2, 0.25) is 0 Å². The summed E-state index contributed by atoms with van der Waals surface area (Å²) in [5.41, 5.74) is 0.913. The van der Waals surface area contributed by atoms with E-state index in [4.69, 9.17) is 5.11 Å². The summed E-state index contributed by atoms with van der Waals surface area (Å²) in [5.74, 6) is -0.632. The molecule has 0 spiro atoms. The van der Waals surface area contributed by atoms with Gasteiger partial charge in [-0.25, -0.2) is 13.2 Å². The topological polar surface area (TPSA) is 91.8 Å². The molecule has 0 bridgehead atoms. The maximum Gasteiger partial charge on any atom is 0.407 e. The molecule has 1 aromatic rings. The minimum absolute atomic E-state index is 0.00114. The van der Waals surface area contributed by atoms with E-state index in [-0.39, 0.29) is 30.8 Å². The van der Waals surface area contributed by atoms with Gasteiger partial charge >= 0.3 is 6.09 Å². The van der Waals surface area contributed by atoms with Gasteiger partial charge < -0.3 is 10.0 Å². The number of rotatable bonds is 2. The first-order valence-electron chi connectivity index (χ1n) is 6.66. The summed E-state index contributed by atoms with van der Waals surface area (Å²) in [6.07, 6.45) is -0.547. The molecule has 6 nitrogen and oxygen atoms in total. The molecule has 1 heterocycles. The van der Waals surface area contributed by atoms with Crippen LogP contribution in [0, 0.1) is 12.8 Å². The summed E-state index contributed by atoms with van der Waals surface area (Å²) in [7, 11) is -4.00. The summed E-state index contributed by atoms with van der Waals surface area (Å²) in [6.45, 7) is 2.21. The third-order valence-electron chi connectivity index (χ3n) is 3.69. The Morgan fingerprint density at radius 2 is 1.67 bits per heavy atom. The average Bonchev–Trinajstić information content (AvgIpc) is 2.47. The molecule has 0 aliphatic carbocycles. The first-order chi connectivity index (χ1) is 9.82. The molecule has 1 N–H and O–H groups in total. The number of amides is 1. The van der Waals surface area contributed by atoms with E-state index < -0.39 is 27.0 Å². The Labute approximate surface area is 123 Å². The van der Waals surface area contributed by atoms with Crippen molar-refractivity contribution >= 4 is 21.0 Å². The number of carboxylic acid groups (broad SMARTS) is 1. The molecule has 1 aliphatic rings. The average molecular weight is 311 g/mol. The molecule has 1 aliphatic heterocycles. The zero-order chi connectivity index (χ0) is 15.6. The zero-order valence-electron chi connectivity index (χ0n) is 11.7. The van der Waals surface area contributed by atoms with Gasteiger partial charge in [-0.3, -0.25) is 4.79 Å². The molecular formula is C14H17NO5S. The number of carbonyl (C=O) groups excluding carboxylic acids is 1. The van der Waals surface area contributed by atoms with Crippen LogP contribution in [0.25, 0.3) is 0 Å². The number of carbonyl (C=O) groups is 2. The van der Waals surface area contributed by atoms with Gasteiger partial charge in [0.05, 0.1) is 4.90 Å². The van der Waals surface area contributed by atoms with Crippen LogP contribution in [0.3, 0.4) is 0 Å². The predicted molar refractivity (Wildman–Crippen MR) is 75.7 cm³/mol. The standard InChI is InChI=1S/C14H17NO5S/c1-10-2-4-12(5-3-10)21(19,20)13(16)11-6-8-15(9-7-11)14(17)18/h2-5,11H,6-9H2,1H3,(H,17,18). The number of aryl methyl sites for hydroxylation is 1. The van der Waals surface area contributed by atoms with Gasteiger partial charge in [0.15, 0.2) is 0 Å². The molecule has 0 radical (unpaired) electrons. The second-order valence-electron chi connectivity index (χ2n) is 5.18. The van der Waals surface area contributed by atoms with E-state index in [0.29, 0.717) is 0 Å². The van der Waals surface area contributed by atoms with Gasteiger partial charge in [-0.05, 0) is 31.9 Å². The number of benzene rings is 1. The van der Waals surface area contributed by atoms with E-state index in [0.717, 1.165) is 5.56 Å². The second-order valence-corrected chi connectivity index (χ2v) is 7.06. The minimum Gasteiger partial charge on any atom is -0.465 e. The highest BCUT2D eigenvalue weighted by atomic mass is 32.2. The van der Waals surface area contributed by atoms with Crippen LogP contribution in [0.4, 0.5) is 4.79 Å². The smallest absolute Gasteiger partial charge is 0.407 e. The third kappa shape index (κ3) is 3.24. The van der Waals surface area contributed by atoms with E-state index in [9.17, 15) is 18.0 Å². The Kier molecular flexibility index (Phi) is 4.32. The van der Waals surface area contributed by atoms with Crippen molar-refractivity contribution in [2.45, 2.75) is 24.7 Å². The van der Waals surface area contributed by atoms with Crippen LogP contribution in [-0.2, 0) is 14.6 Å². The number of sulfone groups is 1. The van der Waals surface area contributed by atoms with Crippen LogP contribution < -0.4 is 0 Å². The maximum absolute atomic E-state index is 12.3. The lowest BCUT2D eigenvalue weighted by molar-refractivity contribution is -0.116. The van der Waals surface area contributed by atoms with Crippen LogP contribution in [0.1, 0.15) is 18.4 Å². The van der Waals surface area contributed by atoms with Crippen molar-refractivity contribution in [1.29, 1.82) is 0 Å². The fourth-order valence-electron chi connectivity index (χ4n) is 2.36. The van der Waals surface area contributed by atoms with Gasteiger partial charge in [-0.2, -0.15) is 0 Å². The highest BCUT2D eigenvalue weighted by molar-refractivity contribution is 8.06. The number of piperidine rings is 1. The highest BCUT2D eigenvalue weighted by Gasteiger charge is 2.35. The van der Waals surface area contributed by atoms with Gasteiger partial charge in [-0.1, -0.05) is 17.7 Å². The Bertz CT molecular complexity index is 642. The lowest BCUT2D eigenvalue weighted by Gasteiger charge is -2.28. The lowest BCUT2D eigenvalue weighted by atomic mass is 9.99. The van der Waals surface area contributed by atoms with Crippen LogP contribution in [-0.4, -0.2) is 42.7 Å². The van der Waals surface area contributed by atoms with Gasteiger partial charge in [0.2, 0.25) is 9.84 Å². The van der Waals surface area contributed by atoms with Crippen molar-refractivity contribution in [2.24, 2.45) is 5.92 Å². The molecule has 1 aromatic carbocycles. The quantitative estimate of drug-likeness (QED) is 0.897. The van der Waals surface area contributed by atoms with Gasteiger partial charge in [0.25, 0.3) is 5.12 Å². The predicted octanol–water partition coefficient (Wildman–Crippen LogP) is 1.69. The van der Waals surface area contributed by atoms with Crippen molar-refractivity contribution in [2.75, 3.05) is 13.1 Å². The maximum atomic E-state index is 12.3. The van der Waals surface area contributed by atoms with Gasteiger partial charge in [0, 0.05) is 19.0 Å². The van der Waals surface area contributed by atoms with Crippen molar-refractivity contribution in [3.8, 4) is 0 Å². The third-order valence-corrected chi connectivity index (χ3v) is 5.45. The number of hydrogen-bond donors (Lipinski definition) is 1. The number of hydrogen-bond acceptors (Lipinski definition) is 4. The molecule has 21 heavy (non-hydrogen) atoms. The van der Waals surface area contributed by atoms with E-state index in [2.05, 4.69) is 0 Å². The molecule has 2 rings (SSSR count).